The van der Waals surface area contributed by atoms with Crippen LogP contribution in [0.4, 0.5) is 5.69 Å². The highest BCUT2D eigenvalue weighted by atomic mass is 32.1. The van der Waals surface area contributed by atoms with E-state index in [9.17, 15) is 4.79 Å². The van der Waals surface area contributed by atoms with Gasteiger partial charge in [-0.3, -0.25) is 4.79 Å². The standard InChI is InChI=1S/C26H26N2OS2/c1-26(2,3)16-11-12-18-17(14-16)20(19-10-7-13-30-19)21-22(27)24(31-25(21)28-18)23(29)15-8-5-4-6-9-15/h4-10,13,16H,11-12,14,27H2,1-3H3/t16-/m1/s1. The summed E-state index contributed by atoms with van der Waals surface area (Å²) in [5, 5.41) is 3.07. The van der Waals surface area contributed by atoms with Gasteiger partial charge in [0.1, 0.15) is 9.71 Å². The summed E-state index contributed by atoms with van der Waals surface area (Å²) < 4.78 is 0. The van der Waals surface area contributed by atoms with E-state index in [1.54, 1.807) is 11.3 Å². The van der Waals surface area contributed by atoms with Crippen molar-refractivity contribution in [1.82, 2.24) is 4.98 Å². The largest absolute Gasteiger partial charge is 0.397 e. The number of ketones is 1. The van der Waals surface area contributed by atoms with Gasteiger partial charge in [-0.2, -0.15) is 0 Å². The van der Waals surface area contributed by atoms with E-state index in [1.165, 1.54) is 33.0 Å². The van der Waals surface area contributed by atoms with Gasteiger partial charge in [0.25, 0.3) is 0 Å². The molecule has 0 fully saturated rings. The van der Waals surface area contributed by atoms with E-state index in [0.29, 0.717) is 22.0 Å². The van der Waals surface area contributed by atoms with Crippen LogP contribution in [-0.2, 0) is 12.8 Å². The summed E-state index contributed by atoms with van der Waals surface area (Å²) in [6.07, 6.45) is 3.13. The molecule has 0 amide bonds. The quantitative estimate of drug-likeness (QED) is 0.345. The average molecular weight is 447 g/mol. The van der Waals surface area contributed by atoms with Crippen LogP contribution in [0.15, 0.2) is 47.8 Å². The van der Waals surface area contributed by atoms with Gasteiger partial charge in [-0.05, 0) is 47.6 Å². The molecule has 1 aliphatic rings. The number of fused-ring (bicyclic) bond motifs is 2. The van der Waals surface area contributed by atoms with Crippen molar-refractivity contribution in [1.29, 1.82) is 0 Å². The fraction of sp³-hybridized carbons (Fsp3) is 0.308. The highest BCUT2D eigenvalue weighted by molar-refractivity contribution is 7.21. The Balaban J connectivity index is 1.74. The molecule has 4 aromatic rings. The summed E-state index contributed by atoms with van der Waals surface area (Å²) in [4.78, 5) is 21.0. The van der Waals surface area contributed by atoms with Gasteiger partial charge in [0.15, 0.2) is 0 Å². The van der Waals surface area contributed by atoms with Crippen LogP contribution in [0.2, 0.25) is 0 Å². The zero-order chi connectivity index (χ0) is 21.8. The maximum Gasteiger partial charge on any atom is 0.205 e. The smallest absolute Gasteiger partial charge is 0.205 e. The van der Waals surface area contributed by atoms with Crippen LogP contribution in [0, 0.1) is 11.3 Å². The van der Waals surface area contributed by atoms with E-state index >= 15 is 0 Å². The summed E-state index contributed by atoms with van der Waals surface area (Å²) in [7, 11) is 0. The minimum absolute atomic E-state index is 0.0243. The van der Waals surface area contributed by atoms with Crippen molar-refractivity contribution in [3.05, 3.63) is 69.5 Å². The molecule has 158 valence electrons. The van der Waals surface area contributed by atoms with E-state index in [0.717, 1.165) is 29.5 Å². The summed E-state index contributed by atoms with van der Waals surface area (Å²) in [6, 6.07) is 13.6. The zero-order valence-electron chi connectivity index (χ0n) is 18.1. The van der Waals surface area contributed by atoms with E-state index in [1.807, 2.05) is 30.3 Å². The molecule has 1 atom stereocenters. The number of aryl methyl sites for hydroxylation is 1. The highest BCUT2D eigenvalue weighted by Gasteiger charge is 2.33. The Kier molecular flexibility index (Phi) is 4.98. The number of nitrogen functional groups attached to an aromatic ring is 1. The molecule has 0 aliphatic heterocycles. The van der Waals surface area contributed by atoms with E-state index in [2.05, 4.69) is 38.3 Å². The first-order valence-corrected chi connectivity index (χ1v) is 12.4. The second kappa shape index (κ2) is 7.57. The molecule has 3 heterocycles. The Labute approximate surface area is 191 Å². The number of nitrogens with two attached hydrogens (primary N) is 1. The third-order valence-electron chi connectivity index (χ3n) is 6.48. The summed E-state index contributed by atoms with van der Waals surface area (Å²) in [5.41, 5.74) is 11.9. The molecule has 1 aromatic carbocycles. The van der Waals surface area contributed by atoms with Crippen LogP contribution in [0.1, 0.15) is 53.7 Å². The van der Waals surface area contributed by atoms with E-state index < -0.39 is 0 Å². The molecule has 5 heteroatoms. The average Bonchev–Trinajstić information content (AvgIpc) is 3.40. The number of hydrogen-bond donors (Lipinski definition) is 1. The molecule has 0 bridgehead atoms. The van der Waals surface area contributed by atoms with Gasteiger partial charge < -0.3 is 5.73 Å². The SMILES string of the molecule is CC(C)(C)[C@@H]1CCc2nc3sc(C(=O)c4ccccc4)c(N)c3c(-c3cccs3)c2C1. The lowest BCUT2D eigenvalue weighted by atomic mass is 9.70. The Bertz CT molecular complexity index is 1260. The lowest BCUT2D eigenvalue weighted by molar-refractivity contribution is 0.104. The molecule has 1 aliphatic carbocycles. The second-order valence-electron chi connectivity index (χ2n) is 9.42. The number of hydrogen-bond acceptors (Lipinski definition) is 5. The normalized spacial score (nSPS) is 16.4. The Morgan fingerprint density at radius 1 is 1.13 bits per heavy atom. The second-order valence-corrected chi connectivity index (χ2v) is 11.4. The first-order valence-electron chi connectivity index (χ1n) is 10.7. The summed E-state index contributed by atoms with van der Waals surface area (Å²) in [5.74, 6) is 0.576. The molecule has 5 rings (SSSR count). The Morgan fingerprint density at radius 2 is 1.90 bits per heavy atom. The molecular formula is C26H26N2OS2. The van der Waals surface area contributed by atoms with Gasteiger partial charge in [-0.1, -0.05) is 57.2 Å². The molecule has 0 spiro atoms. The number of pyridine rings is 1. The topological polar surface area (TPSA) is 56.0 Å². The third-order valence-corrected chi connectivity index (χ3v) is 8.46. The van der Waals surface area contributed by atoms with Crippen molar-refractivity contribution in [2.75, 3.05) is 5.73 Å². The van der Waals surface area contributed by atoms with Crippen molar-refractivity contribution in [3.63, 3.8) is 0 Å². The van der Waals surface area contributed by atoms with Gasteiger partial charge in [0.2, 0.25) is 5.78 Å². The lowest BCUT2D eigenvalue weighted by Crippen LogP contribution is -2.27. The number of benzene rings is 1. The minimum atomic E-state index is -0.0243. The molecule has 0 unspecified atom stereocenters. The number of aromatic nitrogens is 1. The Hall–Kier alpha value is -2.50. The zero-order valence-corrected chi connectivity index (χ0v) is 19.7. The molecule has 2 N–H and O–H groups in total. The monoisotopic (exact) mass is 446 g/mol. The van der Waals surface area contributed by atoms with E-state index in [-0.39, 0.29) is 11.2 Å². The highest BCUT2D eigenvalue weighted by Crippen LogP contribution is 2.47. The molecule has 0 saturated heterocycles. The maximum absolute atomic E-state index is 13.2. The molecule has 0 radical (unpaired) electrons. The number of nitrogens with zero attached hydrogens (tertiary/aromatic N) is 1. The van der Waals surface area contributed by atoms with E-state index in [4.69, 9.17) is 10.7 Å². The van der Waals surface area contributed by atoms with Crippen LogP contribution in [0.25, 0.3) is 20.7 Å². The first-order chi connectivity index (χ1) is 14.8. The fourth-order valence-electron chi connectivity index (χ4n) is 4.64. The van der Waals surface area contributed by atoms with Crippen LogP contribution in [-0.4, -0.2) is 10.8 Å². The predicted molar refractivity (Wildman–Crippen MR) is 132 cm³/mol. The van der Waals surface area contributed by atoms with Gasteiger partial charge in [-0.15, -0.1) is 22.7 Å². The van der Waals surface area contributed by atoms with Crippen molar-refractivity contribution in [3.8, 4) is 10.4 Å². The van der Waals surface area contributed by atoms with Crippen molar-refractivity contribution in [2.45, 2.75) is 40.0 Å². The van der Waals surface area contributed by atoms with Gasteiger partial charge in [-0.25, -0.2) is 4.98 Å². The van der Waals surface area contributed by atoms with Gasteiger partial charge >= 0.3 is 0 Å². The number of carbonyl (C=O) groups excluding carboxylic acids is 1. The number of anilines is 1. The van der Waals surface area contributed by atoms with Gasteiger partial charge in [0.05, 0.1) is 5.69 Å². The number of rotatable bonds is 3. The molecule has 0 saturated carbocycles. The molecular weight excluding hydrogens is 420 g/mol. The van der Waals surface area contributed by atoms with Crippen LogP contribution < -0.4 is 5.73 Å². The number of thiophene rings is 2. The van der Waals surface area contributed by atoms with Crippen LogP contribution in [0.3, 0.4) is 0 Å². The van der Waals surface area contributed by atoms with Gasteiger partial charge in [0, 0.05) is 27.1 Å². The molecule has 3 nitrogen and oxygen atoms in total. The van der Waals surface area contributed by atoms with Crippen LogP contribution in [0.5, 0.6) is 0 Å². The van der Waals surface area contributed by atoms with Crippen molar-refractivity contribution in [2.24, 2.45) is 11.3 Å². The molecule has 31 heavy (non-hydrogen) atoms. The maximum atomic E-state index is 13.2. The Morgan fingerprint density at radius 3 is 2.58 bits per heavy atom. The minimum Gasteiger partial charge on any atom is -0.397 e. The lowest BCUT2D eigenvalue weighted by Gasteiger charge is -2.35. The fourth-order valence-corrected chi connectivity index (χ4v) is 6.53. The summed E-state index contributed by atoms with van der Waals surface area (Å²) >= 11 is 3.17. The van der Waals surface area contributed by atoms with Crippen molar-refractivity contribution >= 4 is 44.4 Å². The van der Waals surface area contributed by atoms with Crippen molar-refractivity contribution < 1.29 is 4.79 Å². The predicted octanol–water partition coefficient (Wildman–Crippen LogP) is 6.99. The first kappa shape index (κ1) is 20.4. The third kappa shape index (κ3) is 3.50. The molecule has 3 aromatic heterocycles. The van der Waals surface area contributed by atoms with Crippen LogP contribution >= 0.6 is 22.7 Å². The number of carbonyl (C=O) groups is 1. The summed E-state index contributed by atoms with van der Waals surface area (Å²) in [6.45, 7) is 6.99.